The van der Waals surface area contributed by atoms with E-state index in [-0.39, 0.29) is 17.7 Å². The van der Waals surface area contributed by atoms with Crippen LogP contribution in [0.4, 0.5) is 32.0 Å². The Labute approximate surface area is 179 Å². The van der Waals surface area contributed by atoms with Crippen LogP contribution in [0.1, 0.15) is 27.9 Å². The molecule has 3 rings (SSSR count). The molecule has 0 heterocycles. The Bertz CT molecular complexity index is 1100. The summed E-state index contributed by atoms with van der Waals surface area (Å²) in [5.41, 5.74) is 0.484. The summed E-state index contributed by atoms with van der Waals surface area (Å²) in [5.74, 6) is -1.19. The Hall–Kier alpha value is -3.49. The van der Waals surface area contributed by atoms with Crippen molar-refractivity contribution in [1.82, 2.24) is 0 Å². The first-order chi connectivity index (χ1) is 14.9. The second-order valence-electron chi connectivity index (χ2n) is 7.08. The summed E-state index contributed by atoms with van der Waals surface area (Å²) >= 11 is 0. The summed E-state index contributed by atoms with van der Waals surface area (Å²) in [6.07, 6.45) is -9.88. The van der Waals surface area contributed by atoms with E-state index in [2.05, 4.69) is 5.32 Å². The normalized spacial score (nSPS) is 11.9. The molecule has 0 fully saturated rings. The minimum atomic E-state index is -4.56. The molecule has 0 atom stereocenters. The molecule has 0 aliphatic heterocycles. The lowest BCUT2D eigenvalue weighted by atomic mass is 10.00. The van der Waals surface area contributed by atoms with Crippen LogP contribution in [-0.4, -0.2) is 17.2 Å². The molecule has 0 aliphatic rings. The number of amides is 1. The van der Waals surface area contributed by atoms with Crippen LogP contribution in [0.25, 0.3) is 11.1 Å². The fourth-order valence-corrected chi connectivity index (χ4v) is 3.02. The number of alkyl halides is 6. The van der Waals surface area contributed by atoms with Gasteiger partial charge < -0.3 is 10.4 Å². The molecule has 0 saturated heterocycles. The van der Waals surface area contributed by atoms with Crippen LogP contribution in [-0.2, 0) is 12.6 Å². The molecule has 0 unspecified atom stereocenters. The number of aryl methyl sites for hydroxylation is 1. The maximum atomic E-state index is 12.8. The van der Waals surface area contributed by atoms with E-state index >= 15 is 0 Å². The SMILES string of the molecule is O=C(Nc1cccc(C(F)(F)F)c1)c1ccc(-c2ccc(CCC(F)(F)F)cc2)cc1O. The number of anilines is 1. The highest BCUT2D eigenvalue weighted by atomic mass is 19.4. The summed E-state index contributed by atoms with van der Waals surface area (Å²) in [4.78, 5) is 12.4. The Morgan fingerprint density at radius 2 is 1.50 bits per heavy atom. The van der Waals surface area contributed by atoms with E-state index in [0.29, 0.717) is 16.7 Å². The first-order valence-electron chi connectivity index (χ1n) is 9.40. The lowest BCUT2D eigenvalue weighted by Crippen LogP contribution is -2.13. The predicted molar refractivity (Wildman–Crippen MR) is 107 cm³/mol. The highest BCUT2D eigenvalue weighted by molar-refractivity contribution is 6.06. The zero-order valence-electron chi connectivity index (χ0n) is 16.4. The van der Waals surface area contributed by atoms with Crippen LogP contribution < -0.4 is 5.32 Å². The number of hydrogen-bond donors (Lipinski definition) is 2. The predicted octanol–water partition coefficient (Wildman–Crippen LogP) is 6.83. The molecule has 2 N–H and O–H groups in total. The maximum absolute atomic E-state index is 12.8. The molecule has 0 aliphatic carbocycles. The fourth-order valence-electron chi connectivity index (χ4n) is 3.02. The molecule has 0 radical (unpaired) electrons. The minimum absolute atomic E-state index is 0.0808. The third kappa shape index (κ3) is 6.03. The zero-order valence-corrected chi connectivity index (χ0v) is 16.4. The molecule has 3 nitrogen and oxygen atoms in total. The number of carbonyl (C=O) groups excluding carboxylic acids is 1. The standard InChI is InChI=1S/C23H17F6NO2/c24-22(25,26)11-10-14-4-6-15(7-5-14)16-8-9-19(20(31)12-16)21(32)30-18-3-1-2-17(13-18)23(27,28)29/h1-9,12-13,31H,10-11H2,(H,30,32). The van der Waals surface area contributed by atoms with Gasteiger partial charge in [0.1, 0.15) is 5.75 Å². The average Bonchev–Trinajstić information content (AvgIpc) is 2.71. The summed E-state index contributed by atoms with van der Waals surface area (Å²) in [6, 6.07) is 14.5. The van der Waals surface area contributed by atoms with Crippen molar-refractivity contribution in [1.29, 1.82) is 0 Å². The number of carbonyl (C=O) groups is 1. The molecule has 0 spiro atoms. The lowest BCUT2D eigenvalue weighted by molar-refractivity contribution is -0.137. The number of aromatic hydroxyl groups is 1. The van der Waals surface area contributed by atoms with Gasteiger partial charge in [0, 0.05) is 12.1 Å². The van der Waals surface area contributed by atoms with Gasteiger partial charge in [-0.15, -0.1) is 0 Å². The van der Waals surface area contributed by atoms with Crippen molar-refractivity contribution in [2.75, 3.05) is 5.32 Å². The molecule has 0 bridgehead atoms. The number of rotatable bonds is 5. The second-order valence-corrected chi connectivity index (χ2v) is 7.08. The van der Waals surface area contributed by atoms with Crippen LogP contribution in [0.5, 0.6) is 5.75 Å². The topological polar surface area (TPSA) is 49.3 Å². The van der Waals surface area contributed by atoms with Gasteiger partial charge in [0.15, 0.2) is 0 Å². The second kappa shape index (κ2) is 8.94. The van der Waals surface area contributed by atoms with E-state index in [4.69, 9.17) is 0 Å². The largest absolute Gasteiger partial charge is 0.507 e. The molecule has 9 heteroatoms. The molecular formula is C23H17F6NO2. The van der Waals surface area contributed by atoms with Crippen molar-refractivity contribution in [3.05, 3.63) is 83.4 Å². The van der Waals surface area contributed by atoms with Crippen molar-refractivity contribution < 1.29 is 36.2 Å². The first-order valence-corrected chi connectivity index (χ1v) is 9.40. The fraction of sp³-hybridized carbons (Fsp3) is 0.174. The van der Waals surface area contributed by atoms with Crippen molar-refractivity contribution in [3.8, 4) is 16.9 Å². The van der Waals surface area contributed by atoms with Gasteiger partial charge in [-0.3, -0.25) is 4.79 Å². The third-order valence-corrected chi connectivity index (χ3v) is 4.67. The van der Waals surface area contributed by atoms with Gasteiger partial charge in [-0.1, -0.05) is 36.4 Å². The molecular weight excluding hydrogens is 436 g/mol. The van der Waals surface area contributed by atoms with E-state index < -0.39 is 36.0 Å². The van der Waals surface area contributed by atoms with Crippen molar-refractivity contribution in [2.45, 2.75) is 25.2 Å². The van der Waals surface area contributed by atoms with Crippen LogP contribution in [0.15, 0.2) is 66.7 Å². The van der Waals surface area contributed by atoms with Crippen LogP contribution in [0.2, 0.25) is 0 Å². The number of halogens is 6. The Balaban J connectivity index is 1.73. The van der Waals surface area contributed by atoms with Gasteiger partial charge in [0.05, 0.1) is 11.1 Å². The van der Waals surface area contributed by atoms with Crippen molar-refractivity contribution in [3.63, 3.8) is 0 Å². The minimum Gasteiger partial charge on any atom is -0.507 e. The van der Waals surface area contributed by atoms with Gasteiger partial charge in [0.25, 0.3) is 5.91 Å². The van der Waals surface area contributed by atoms with E-state index in [0.717, 1.165) is 18.2 Å². The summed E-state index contributed by atoms with van der Waals surface area (Å²) in [5, 5.41) is 12.6. The zero-order chi connectivity index (χ0) is 23.5. The number of phenols is 1. The summed E-state index contributed by atoms with van der Waals surface area (Å²) < 4.78 is 75.4. The van der Waals surface area contributed by atoms with E-state index in [1.807, 2.05) is 0 Å². The summed E-state index contributed by atoms with van der Waals surface area (Å²) in [7, 11) is 0. The number of phenolic OH excluding ortho intramolecular Hbond substituents is 1. The highest BCUT2D eigenvalue weighted by Crippen LogP contribution is 2.32. The number of nitrogens with one attached hydrogen (secondary N) is 1. The molecule has 0 aromatic heterocycles. The van der Waals surface area contributed by atoms with E-state index in [1.54, 1.807) is 24.3 Å². The van der Waals surface area contributed by atoms with Gasteiger partial charge >= 0.3 is 12.4 Å². The molecule has 0 saturated carbocycles. The van der Waals surface area contributed by atoms with Crippen molar-refractivity contribution >= 4 is 11.6 Å². The number of benzene rings is 3. The molecule has 3 aromatic rings. The first kappa shape index (κ1) is 23.2. The Kier molecular flexibility index (Phi) is 6.47. The van der Waals surface area contributed by atoms with Crippen LogP contribution in [0.3, 0.4) is 0 Å². The Morgan fingerprint density at radius 3 is 2.09 bits per heavy atom. The smallest absolute Gasteiger partial charge is 0.416 e. The third-order valence-electron chi connectivity index (χ3n) is 4.67. The Morgan fingerprint density at radius 1 is 0.844 bits per heavy atom. The molecule has 1 amide bonds. The monoisotopic (exact) mass is 453 g/mol. The van der Waals surface area contributed by atoms with Crippen LogP contribution >= 0.6 is 0 Å². The number of hydrogen-bond acceptors (Lipinski definition) is 2. The van der Waals surface area contributed by atoms with Crippen LogP contribution in [0, 0.1) is 0 Å². The van der Waals surface area contributed by atoms with Gasteiger partial charge in [0.2, 0.25) is 0 Å². The van der Waals surface area contributed by atoms with E-state index in [1.165, 1.54) is 24.3 Å². The molecule has 168 valence electrons. The maximum Gasteiger partial charge on any atom is 0.416 e. The van der Waals surface area contributed by atoms with Gasteiger partial charge in [-0.25, -0.2) is 0 Å². The molecule has 32 heavy (non-hydrogen) atoms. The van der Waals surface area contributed by atoms with Crippen molar-refractivity contribution in [2.24, 2.45) is 0 Å². The van der Waals surface area contributed by atoms with Gasteiger partial charge in [-0.05, 0) is 53.4 Å². The highest BCUT2D eigenvalue weighted by Gasteiger charge is 2.30. The molecule has 3 aromatic carbocycles. The quantitative estimate of drug-likeness (QED) is 0.416. The lowest BCUT2D eigenvalue weighted by Gasteiger charge is -2.11. The average molecular weight is 453 g/mol. The van der Waals surface area contributed by atoms with E-state index in [9.17, 15) is 36.2 Å². The van der Waals surface area contributed by atoms with Gasteiger partial charge in [-0.2, -0.15) is 26.3 Å². The summed E-state index contributed by atoms with van der Waals surface area (Å²) in [6.45, 7) is 0.